The molecule has 8 heteroatoms. The number of hydrogen-bond donors (Lipinski definition) is 3. The number of aliphatic carboxylic acids is 1. The van der Waals surface area contributed by atoms with Crippen molar-refractivity contribution in [2.24, 2.45) is 5.41 Å². The van der Waals surface area contributed by atoms with Crippen LogP contribution in [0, 0.1) is 22.9 Å². The fourth-order valence-corrected chi connectivity index (χ4v) is 1.59. The zero-order valence-corrected chi connectivity index (χ0v) is 11.6. The predicted molar refractivity (Wildman–Crippen MR) is 69.3 cm³/mol. The number of carboxylic acid groups (broad SMARTS) is 1. The second-order valence-corrected chi connectivity index (χ2v) is 5.48. The van der Waals surface area contributed by atoms with E-state index in [1.165, 1.54) is 0 Å². The maximum atomic E-state index is 13.4. The molecule has 21 heavy (non-hydrogen) atoms. The van der Waals surface area contributed by atoms with Crippen LogP contribution in [0.1, 0.15) is 20.8 Å². The average Bonchev–Trinajstić information content (AvgIpc) is 2.28. The Bertz CT molecular complexity index is 547. The highest BCUT2D eigenvalue weighted by Gasteiger charge is 2.32. The third-order valence-corrected chi connectivity index (χ3v) is 2.63. The van der Waals surface area contributed by atoms with E-state index in [9.17, 15) is 22.8 Å². The van der Waals surface area contributed by atoms with Gasteiger partial charge in [0.05, 0.1) is 0 Å². The van der Waals surface area contributed by atoms with Crippen molar-refractivity contribution in [1.29, 1.82) is 0 Å². The van der Waals surface area contributed by atoms with Crippen molar-refractivity contribution in [3.8, 4) is 0 Å². The van der Waals surface area contributed by atoms with Gasteiger partial charge in [-0.3, -0.25) is 0 Å². The summed E-state index contributed by atoms with van der Waals surface area (Å²) < 4.78 is 39.5. The van der Waals surface area contributed by atoms with Crippen LogP contribution in [0.15, 0.2) is 12.1 Å². The standard InChI is InChI=1S/C13H15F3N2O3/c1-13(2,3)10(11(19)20)18-12(21)17-9-7(15)4-6(14)5-8(9)16/h4-5,10H,1-3H3,(H,19,20)(H2,17,18,21)/t10-/m1/s1. The summed E-state index contributed by atoms with van der Waals surface area (Å²) >= 11 is 0. The molecule has 5 nitrogen and oxygen atoms in total. The lowest BCUT2D eigenvalue weighted by atomic mass is 9.87. The van der Waals surface area contributed by atoms with E-state index >= 15 is 0 Å². The molecule has 1 aromatic carbocycles. The number of hydrogen-bond acceptors (Lipinski definition) is 2. The van der Waals surface area contributed by atoms with E-state index in [-0.39, 0.29) is 0 Å². The first-order chi connectivity index (χ1) is 9.52. The largest absolute Gasteiger partial charge is 0.480 e. The average molecular weight is 304 g/mol. The van der Waals surface area contributed by atoms with Crippen LogP contribution >= 0.6 is 0 Å². The fraction of sp³-hybridized carbons (Fsp3) is 0.385. The van der Waals surface area contributed by atoms with E-state index < -0.39 is 46.6 Å². The number of carbonyl (C=O) groups is 2. The SMILES string of the molecule is CC(C)(C)[C@H](NC(=O)Nc1c(F)cc(F)cc1F)C(=O)O. The number of urea groups is 1. The number of rotatable bonds is 3. The van der Waals surface area contributed by atoms with Gasteiger partial charge in [0.15, 0.2) is 11.6 Å². The maximum absolute atomic E-state index is 13.4. The molecule has 0 saturated heterocycles. The van der Waals surface area contributed by atoms with Crippen molar-refractivity contribution in [2.45, 2.75) is 26.8 Å². The summed E-state index contributed by atoms with van der Waals surface area (Å²) in [6.45, 7) is 4.72. The number of benzene rings is 1. The second kappa shape index (κ2) is 6.02. The monoisotopic (exact) mass is 304 g/mol. The van der Waals surface area contributed by atoms with E-state index in [1.54, 1.807) is 20.8 Å². The molecular weight excluding hydrogens is 289 g/mol. The minimum absolute atomic E-state index is 0.400. The van der Waals surface area contributed by atoms with Crippen LogP contribution in [-0.4, -0.2) is 23.1 Å². The Labute approximate surface area is 119 Å². The summed E-state index contributed by atoms with van der Waals surface area (Å²) in [5.41, 5.74) is -1.67. The zero-order chi connectivity index (χ0) is 16.4. The third-order valence-electron chi connectivity index (χ3n) is 2.63. The van der Waals surface area contributed by atoms with E-state index in [0.717, 1.165) is 0 Å². The van der Waals surface area contributed by atoms with Crippen LogP contribution in [-0.2, 0) is 4.79 Å². The lowest BCUT2D eigenvalue weighted by Crippen LogP contribution is -2.50. The first-order valence-corrected chi connectivity index (χ1v) is 5.97. The number of halogens is 3. The topological polar surface area (TPSA) is 78.4 Å². The zero-order valence-electron chi connectivity index (χ0n) is 11.6. The van der Waals surface area contributed by atoms with Gasteiger partial charge in [0.1, 0.15) is 17.5 Å². The van der Waals surface area contributed by atoms with Gasteiger partial charge in [0, 0.05) is 12.1 Å². The number of nitrogens with one attached hydrogen (secondary N) is 2. The second-order valence-electron chi connectivity index (χ2n) is 5.48. The van der Waals surface area contributed by atoms with Crippen LogP contribution in [0.3, 0.4) is 0 Å². The van der Waals surface area contributed by atoms with Crippen molar-refractivity contribution in [3.63, 3.8) is 0 Å². The quantitative estimate of drug-likeness (QED) is 0.803. The molecular formula is C13H15F3N2O3. The molecule has 0 bridgehead atoms. The van der Waals surface area contributed by atoms with Gasteiger partial charge in [-0.2, -0.15) is 0 Å². The van der Waals surface area contributed by atoms with Gasteiger partial charge in [0.25, 0.3) is 0 Å². The van der Waals surface area contributed by atoms with Gasteiger partial charge in [-0.1, -0.05) is 20.8 Å². The summed E-state index contributed by atoms with van der Waals surface area (Å²) in [6, 6.07) is -1.58. The molecule has 0 unspecified atom stereocenters. The molecule has 0 heterocycles. The maximum Gasteiger partial charge on any atom is 0.326 e. The summed E-state index contributed by atoms with van der Waals surface area (Å²) in [7, 11) is 0. The molecule has 2 amide bonds. The van der Waals surface area contributed by atoms with Crippen molar-refractivity contribution in [2.75, 3.05) is 5.32 Å². The van der Waals surface area contributed by atoms with Crippen LogP contribution in [0.5, 0.6) is 0 Å². The molecule has 0 aromatic heterocycles. The molecule has 0 aliphatic heterocycles. The molecule has 3 N–H and O–H groups in total. The first kappa shape index (κ1) is 16.8. The molecule has 116 valence electrons. The number of amides is 2. The minimum atomic E-state index is -1.30. The van der Waals surface area contributed by atoms with Gasteiger partial charge in [-0.15, -0.1) is 0 Å². The smallest absolute Gasteiger partial charge is 0.326 e. The molecule has 0 spiro atoms. The first-order valence-electron chi connectivity index (χ1n) is 5.97. The van der Waals surface area contributed by atoms with Crippen LogP contribution in [0.25, 0.3) is 0 Å². The van der Waals surface area contributed by atoms with Crippen LogP contribution < -0.4 is 10.6 Å². The molecule has 0 radical (unpaired) electrons. The molecule has 0 aliphatic rings. The van der Waals surface area contributed by atoms with E-state index in [0.29, 0.717) is 12.1 Å². The lowest BCUT2D eigenvalue weighted by molar-refractivity contribution is -0.141. The molecule has 1 rings (SSSR count). The minimum Gasteiger partial charge on any atom is -0.480 e. The van der Waals surface area contributed by atoms with Gasteiger partial charge < -0.3 is 15.7 Å². The van der Waals surface area contributed by atoms with E-state index in [4.69, 9.17) is 5.11 Å². The van der Waals surface area contributed by atoms with E-state index in [2.05, 4.69) is 5.32 Å². The van der Waals surface area contributed by atoms with Gasteiger partial charge >= 0.3 is 12.0 Å². The Hall–Kier alpha value is -2.25. The third kappa shape index (κ3) is 4.37. The Kier molecular flexibility index (Phi) is 4.82. The van der Waals surface area contributed by atoms with Gasteiger partial charge in [0.2, 0.25) is 0 Å². The summed E-state index contributed by atoms with van der Waals surface area (Å²) in [6.07, 6.45) is 0. The Morgan fingerprint density at radius 2 is 1.62 bits per heavy atom. The Morgan fingerprint density at radius 3 is 2.00 bits per heavy atom. The van der Waals surface area contributed by atoms with Crippen molar-refractivity contribution < 1.29 is 27.9 Å². The predicted octanol–water partition coefficient (Wildman–Crippen LogP) is 2.72. The number of carbonyl (C=O) groups excluding carboxylic acids is 1. The lowest BCUT2D eigenvalue weighted by Gasteiger charge is -2.27. The molecule has 0 saturated carbocycles. The summed E-state index contributed by atoms with van der Waals surface area (Å²) in [4.78, 5) is 22.7. The van der Waals surface area contributed by atoms with Crippen LogP contribution in [0.4, 0.5) is 23.7 Å². The molecule has 0 fully saturated rings. The van der Waals surface area contributed by atoms with Crippen molar-refractivity contribution in [1.82, 2.24) is 5.32 Å². The highest BCUT2D eigenvalue weighted by molar-refractivity contribution is 5.92. The van der Waals surface area contributed by atoms with Gasteiger partial charge in [-0.25, -0.2) is 22.8 Å². The van der Waals surface area contributed by atoms with Gasteiger partial charge in [-0.05, 0) is 5.41 Å². The molecule has 0 aliphatic carbocycles. The Balaban J connectivity index is 2.90. The number of carboxylic acids is 1. The normalized spacial score (nSPS) is 12.7. The summed E-state index contributed by atoms with van der Waals surface area (Å²) in [5.74, 6) is -5.03. The Morgan fingerprint density at radius 1 is 1.14 bits per heavy atom. The highest BCUT2D eigenvalue weighted by Crippen LogP contribution is 2.22. The fourth-order valence-electron chi connectivity index (χ4n) is 1.59. The summed E-state index contributed by atoms with van der Waals surface area (Å²) in [5, 5.41) is 13.0. The van der Waals surface area contributed by atoms with Crippen molar-refractivity contribution >= 4 is 17.7 Å². The van der Waals surface area contributed by atoms with E-state index in [1.807, 2.05) is 5.32 Å². The number of anilines is 1. The highest BCUT2D eigenvalue weighted by atomic mass is 19.1. The van der Waals surface area contributed by atoms with Crippen molar-refractivity contribution in [3.05, 3.63) is 29.6 Å². The molecule has 1 aromatic rings. The molecule has 1 atom stereocenters. The van der Waals surface area contributed by atoms with Crippen LogP contribution in [0.2, 0.25) is 0 Å².